The van der Waals surface area contributed by atoms with Crippen molar-refractivity contribution in [2.24, 2.45) is 7.05 Å². The van der Waals surface area contributed by atoms with E-state index in [9.17, 15) is 31.9 Å². The molecule has 1 heterocycles. The van der Waals surface area contributed by atoms with Gasteiger partial charge in [-0.25, -0.2) is 8.78 Å². The summed E-state index contributed by atoms with van der Waals surface area (Å²) < 4.78 is 61.8. The minimum Gasteiger partial charge on any atom is -0.543 e. The summed E-state index contributed by atoms with van der Waals surface area (Å²) in [5, 5.41) is 13.2. The van der Waals surface area contributed by atoms with Crippen LogP contribution in [0.25, 0.3) is 0 Å². The molecule has 0 aromatic carbocycles. The second kappa shape index (κ2) is 3.72. The van der Waals surface area contributed by atoms with Crippen LogP contribution in [0.4, 0.5) is 22.0 Å². The number of rotatable bonds is 2. The maximum atomic E-state index is 12.4. The standard InChI is InChI=1S/C7H5F5N2O2/c1-14-4(6(15)16)2(7(10,11)12)3(13-14)5(8)9/h5H,1H3,(H,15,16)/p-1. The van der Waals surface area contributed by atoms with E-state index in [1.807, 2.05) is 0 Å². The number of halogens is 5. The topological polar surface area (TPSA) is 58.0 Å². The molecule has 0 saturated carbocycles. The number of hydrogen-bond acceptors (Lipinski definition) is 3. The fourth-order valence-electron chi connectivity index (χ4n) is 1.21. The predicted octanol–water partition coefficient (Wildman–Crippen LogP) is 0.740. The monoisotopic (exact) mass is 243 g/mol. The van der Waals surface area contributed by atoms with Crippen molar-refractivity contribution in [1.82, 2.24) is 9.78 Å². The molecular weight excluding hydrogens is 239 g/mol. The van der Waals surface area contributed by atoms with Crippen LogP contribution in [0.15, 0.2) is 0 Å². The first-order valence-corrected chi connectivity index (χ1v) is 3.79. The molecule has 9 heteroatoms. The van der Waals surface area contributed by atoms with Gasteiger partial charge in [0, 0.05) is 7.05 Å². The minimum absolute atomic E-state index is 0.208. The second-order valence-electron chi connectivity index (χ2n) is 2.82. The van der Waals surface area contributed by atoms with Crippen molar-refractivity contribution in [1.29, 1.82) is 0 Å². The molecule has 0 aliphatic carbocycles. The number of hydrogen-bond donors (Lipinski definition) is 0. The molecule has 1 aromatic heterocycles. The summed E-state index contributed by atoms with van der Waals surface area (Å²) in [4.78, 5) is 10.4. The number of aromatic nitrogens is 2. The number of nitrogens with zero attached hydrogens (tertiary/aromatic N) is 2. The molecule has 0 fully saturated rings. The molecule has 0 N–H and O–H groups in total. The molecule has 0 bridgehead atoms. The summed E-state index contributed by atoms with van der Waals surface area (Å²) in [6.07, 6.45) is -8.74. The van der Waals surface area contributed by atoms with Gasteiger partial charge in [-0.1, -0.05) is 0 Å². The van der Waals surface area contributed by atoms with Crippen LogP contribution in [0.1, 0.15) is 28.2 Å². The lowest BCUT2D eigenvalue weighted by molar-refractivity contribution is -0.256. The number of alkyl halides is 5. The van der Waals surface area contributed by atoms with E-state index in [1.165, 1.54) is 0 Å². The van der Waals surface area contributed by atoms with Crippen molar-refractivity contribution in [3.63, 3.8) is 0 Å². The summed E-state index contributed by atoms with van der Waals surface area (Å²) in [7, 11) is 0.812. The maximum absolute atomic E-state index is 12.4. The number of aromatic carboxylic acids is 1. The third-order valence-corrected chi connectivity index (χ3v) is 1.76. The highest BCUT2D eigenvalue weighted by Crippen LogP contribution is 2.37. The molecule has 0 radical (unpaired) electrons. The van der Waals surface area contributed by atoms with Crippen LogP contribution in [-0.4, -0.2) is 15.7 Å². The van der Waals surface area contributed by atoms with Gasteiger partial charge in [0.15, 0.2) is 0 Å². The molecule has 0 atom stereocenters. The average molecular weight is 243 g/mol. The second-order valence-corrected chi connectivity index (χ2v) is 2.82. The van der Waals surface area contributed by atoms with E-state index >= 15 is 0 Å². The van der Waals surface area contributed by atoms with Crippen molar-refractivity contribution in [3.8, 4) is 0 Å². The van der Waals surface area contributed by atoms with Crippen LogP contribution < -0.4 is 5.11 Å². The molecule has 1 rings (SSSR count). The Labute approximate surface area is 85.3 Å². The average Bonchev–Trinajstić information content (AvgIpc) is 2.41. The van der Waals surface area contributed by atoms with Crippen LogP contribution in [0, 0.1) is 0 Å². The zero-order valence-corrected chi connectivity index (χ0v) is 7.68. The van der Waals surface area contributed by atoms with Gasteiger partial charge in [0.25, 0.3) is 6.43 Å². The normalized spacial score (nSPS) is 12.2. The third-order valence-electron chi connectivity index (χ3n) is 1.76. The zero-order chi connectivity index (χ0) is 12.7. The first-order valence-electron chi connectivity index (χ1n) is 3.79. The Bertz CT molecular complexity index is 423. The van der Waals surface area contributed by atoms with Crippen molar-refractivity contribution in [3.05, 3.63) is 17.0 Å². The molecule has 4 nitrogen and oxygen atoms in total. The molecule has 0 unspecified atom stereocenters. The summed E-state index contributed by atoms with van der Waals surface area (Å²) in [5.41, 5.74) is -5.00. The maximum Gasteiger partial charge on any atom is 0.420 e. The number of aryl methyl sites for hydroxylation is 1. The van der Waals surface area contributed by atoms with Gasteiger partial charge >= 0.3 is 6.18 Å². The molecule has 0 aliphatic heterocycles. The summed E-state index contributed by atoms with van der Waals surface area (Å²) >= 11 is 0. The van der Waals surface area contributed by atoms with Crippen molar-refractivity contribution >= 4 is 5.97 Å². The number of carboxylic acids is 1. The Hall–Kier alpha value is -1.67. The van der Waals surface area contributed by atoms with E-state index in [4.69, 9.17) is 0 Å². The van der Waals surface area contributed by atoms with Crippen molar-refractivity contribution < 1.29 is 31.9 Å². The van der Waals surface area contributed by atoms with Crippen LogP contribution in [-0.2, 0) is 13.2 Å². The fraction of sp³-hybridized carbons (Fsp3) is 0.429. The Balaban J connectivity index is 3.56. The van der Waals surface area contributed by atoms with Crippen LogP contribution in [0.5, 0.6) is 0 Å². The molecule has 90 valence electrons. The van der Waals surface area contributed by atoms with E-state index in [2.05, 4.69) is 5.10 Å². The quantitative estimate of drug-likeness (QED) is 0.720. The highest BCUT2D eigenvalue weighted by atomic mass is 19.4. The highest BCUT2D eigenvalue weighted by molar-refractivity contribution is 5.86. The lowest BCUT2D eigenvalue weighted by Crippen LogP contribution is -2.28. The van der Waals surface area contributed by atoms with E-state index in [-0.39, 0.29) is 4.68 Å². The molecule has 0 aliphatic rings. The van der Waals surface area contributed by atoms with E-state index in [0.717, 1.165) is 7.05 Å². The summed E-state index contributed by atoms with van der Waals surface area (Å²) in [5.74, 6) is -2.21. The van der Waals surface area contributed by atoms with Gasteiger partial charge in [0.05, 0.1) is 11.7 Å². The van der Waals surface area contributed by atoms with Crippen LogP contribution in [0.2, 0.25) is 0 Å². The van der Waals surface area contributed by atoms with E-state index < -0.39 is 35.5 Å². The summed E-state index contributed by atoms with van der Waals surface area (Å²) in [6, 6.07) is 0. The first-order chi connectivity index (χ1) is 7.16. The molecule has 0 amide bonds. The van der Waals surface area contributed by atoms with Gasteiger partial charge in [-0.3, -0.25) is 4.68 Å². The van der Waals surface area contributed by atoms with Gasteiger partial charge in [0.2, 0.25) is 0 Å². The smallest absolute Gasteiger partial charge is 0.420 e. The van der Waals surface area contributed by atoms with Crippen LogP contribution in [0.3, 0.4) is 0 Å². The zero-order valence-electron chi connectivity index (χ0n) is 7.68. The molecule has 16 heavy (non-hydrogen) atoms. The Morgan fingerprint density at radius 3 is 2.25 bits per heavy atom. The van der Waals surface area contributed by atoms with Gasteiger partial charge in [-0.05, 0) is 0 Å². The Morgan fingerprint density at radius 2 is 1.94 bits per heavy atom. The van der Waals surface area contributed by atoms with Gasteiger partial charge in [-0.2, -0.15) is 18.3 Å². The number of carboxylic acid groups (broad SMARTS) is 1. The largest absolute Gasteiger partial charge is 0.543 e. The van der Waals surface area contributed by atoms with E-state index in [1.54, 1.807) is 0 Å². The van der Waals surface area contributed by atoms with Gasteiger partial charge in [-0.15, -0.1) is 0 Å². The molecule has 0 spiro atoms. The molecule has 0 saturated heterocycles. The van der Waals surface area contributed by atoms with Gasteiger partial charge < -0.3 is 9.90 Å². The summed E-state index contributed by atoms with van der Waals surface area (Å²) in [6.45, 7) is 0. The Kier molecular flexibility index (Phi) is 2.89. The molecule has 1 aromatic rings. The number of carbonyl (C=O) groups is 1. The van der Waals surface area contributed by atoms with Crippen molar-refractivity contribution in [2.45, 2.75) is 12.6 Å². The minimum atomic E-state index is -5.23. The number of carbonyl (C=O) groups excluding carboxylic acids is 1. The lowest BCUT2D eigenvalue weighted by Gasteiger charge is -2.10. The Morgan fingerprint density at radius 1 is 1.44 bits per heavy atom. The van der Waals surface area contributed by atoms with Crippen molar-refractivity contribution in [2.75, 3.05) is 0 Å². The first kappa shape index (κ1) is 12.4. The fourth-order valence-corrected chi connectivity index (χ4v) is 1.21. The highest BCUT2D eigenvalue weighted by Gasteiger charge is 2.42. The lowest BCUT2D eigenvalue weighted by atomic mass is 10.1. The van der Waals surface area contributed by atoms with Crippen LogP contribution >= 0.6 is 0 Å². The SMILES string of the molecule is Cn1nc(C(F)F)c(C(F)(F)F)c1C(=O)[O-]. The predicted molar refractivity (Wildman–Crippen MR) is 37.5 cm³/mol. The molecular formula is C7H4F5N2O2-. The van der Waals surface area contributed by atoms with Gasteiger partial charge in [0.1, 0.15) is 11.3 Å². The third kappa shape index (κ3) is 1.97. The van der Waals surface area contributed by atoms with E-state index in [0.29, 0.717) is 0 Å².